The van der Waals surface area contributed by atoms with Crippen molar-refractivity contribution in [1.82, 2.24) is 15.0 Å². The van der Waals surface area contributed by atoms with Gasteiger partial charge in [-0.15, -0.1) is 5.10 Å². The Balaban J connectivity index is 2.00. The monoisotopic (exact) mass is 268 g/mol. The molecule has 0 bridgehead atoms. The molecule has 1 fully saturated rings. The zero-order valence-electron chi connectivity index (χ0n) is 11.2. The predicted octanol–water partition coefficient (Wildman–Crippen LogP) is 2.97. The molecule has 3 N–H and O–H groups in total. The summed E-state index contributed by atoms with van der Waals surface area (Å²) in [4.78, 5) is 1.25. The van der Waals surface area contributed by atoms with E-state index in [1.54, 1.807) is 0 Å². The third kappa shape index (κ3) is 3.49. The van der Waals surface area contributed by atoms with Gasteiger partial charge in [-0.3, -0.25) is 11.3 Å². The Morgan fingerprint density at radius 2 is 2.17 bits per heavy atom. The number of hydrazine groups is 1. The Labute approximate surface area is 113 Å². The number of nitrogens with zero attached hydrogens (tertiary/aromatic N) is 2. The SMILES string of the molecule is CCCc1nnsc1C(CC1CCCCC1)NN. The van der Waals surface area contributed by atoms with Crippen LogP contribution in [0, 0.1) is 5.92 Å². The Morgan fingerprint density at radius 3 is 2.83 bits per heavy atom. The minimum atomic E-state index is 0.245. The molecule has 0 aromatic carbocycles. The highest BCUT2D eigenvalue weighted by atomic mass is 32.1. The Hall–Kier alpha value is -0.520. The van der Waals surface area contributed by atoms with E-state index in [1.165, 1.54) is 48.5 Å². The zero-order valence-corrected chi connectivity index (χ0v) is 12.0. The van der Waals surface area contributed by atoms with E-state index in [0.717, 1.165) is 30.9 Å². The van der Waals surface area contributed by atoms with Crippen LogP contribution in [0.1, 0.15) is 68.5 Å². The Morgan fingerprint density at radius 1 is 1.39 bits per heavy atom. The lowest BCUT2D eigenvalue weighted by Gasteiger charge is -2.25. The van der Waals surface area contributed by atoms with E-state index in [4.69, 9.17) is 5.84 Å². The molecular weight excluding hydrogens is 244 g/mol. The van der Waals surface area contributed by atoms with Gasteiger partial charge in [0.1, 0.15) is 0 Å². The maximum atomic E-state index is 5.75. The van der Waals surface area contributed by atoms with Crippen LogP contribution in [-0.2, 0) is 6.42 Å². The topological polar surface area (TPSA) is 63.8 Å². The van der Waals surface area contributed by atoms with Gasteiger partial charge in [0.2, 0.25) is 0 Å². The van der Waals surface area contributed by atoms with Crippen molar-refractivity contribution in [1.29, 1.82) is 0 Å². The van der Waals surface area contributed by atoms with Gasteiger partial charge in [-0.05, 0) is 30.3 Å². The van der Waals surface area contributed by atoms with Gasteiger partial charge in [0.15, 0.2) is 0 Å². The highest BCUT2D eigenvalue weighted by Crippen LogP contribution is 2.33. The average molecular weight is 268 g/mol. The minimum absolute atomic E-state index is 0.245. The molecule has 1 atom stereocenters. The first-order valence-electron chi connectivity index (χ1n) is 7.12. The summed E-state index contributed by atoms with van der Waals surface area (Å²) in [5, 5.41) is 4.24. The first-order chi connectivity index (χ1) is 8.85. The number of aromatic nitrogens is 2. The van der Waals surface area contributed by atoms with Gasteiger partial charge in [0, 0.05) is 0 Å². The van der Waals surface area contributed by atoms with E-state index in [9.17, 15) is 0 Å². The molecule has 18 heavy (non-hydrogen) atoms. The van der Waals surface area contributed by atoms with Gasteiger partial charge >= 0.3 is 0 Å². The molecule has 1 aromatic rings. The number of hydrogen-bond donors (Lipinski definition) is 2. The van der Waals surface area contributed by atoms with E-state index in [0.29, 0.717) is 0 Å². The van der Waals surface area contributed by atoms with Gasteiger partial charge in [-0.1, -0.05) is 49.9 Å². The van der Waals surface area contributed by atoms with Crippen LogP contribution in [-0.4, -0.2) is 9.59 Å². The van der Waals surface area contributed by atoms with Crippen LogP contribution in [0.25, 0.3) is 0 Å². The van der Waals surface area contributed by atoms with Crippen molar-refractivity contribution in [2.75, 3.05) is 0 Å². The largest absolute Gasteiger partial charge is 0.271 e. The van der Waals surface area contributed by atoms with Crippen LogP contribution in [0.5, 0.6) is 0 Å². The second-order valence-corrected chi connectivity index (χ2v) is 6.08. The summed E-state index contributed by atoms with van der Waals surface area (Å²) in [5.41, 5.74) is 4.12. The van der Waals surface area contributed by atoms with Crippen molar-refractivity contribution >= 4 is 11.5 Å². The summed E-state index contributed by atoms with van der Waals surface area (Å²) in [6, 6.07) is 0.245. The third-order valence-electron chi connectivity index (χ3n) is 3.88. The molecule has 0 amide bonds. The summed E-state index contributed by atoms with van der Waals surface area (Å²) in [7, 11) is 0. The normalized spacial score (nSPS) is 19.0. The number of aryl methyl sites for hydroxylation is 1. The highest BCUT2D eigenvalue weighted by molar-refractivity contribution is 7.05. The van der Waals surface area contributed by atoms with Gasteiger partial charge in [0.25, 0.3) is 0 Å². The molecular formula is C13H24N4S. The van der Waals surface area contributed by atoms with Gasteiger partial charge in [0.05, 0.1) is 16.6 Å². The maximum Gasteiger partial charge on any atom is 0.0804 e. The summed E-state index contributed by atoms with van der Waals surface area (Å²) >= 11 is 1.51. The van der Waals surface area contributed by atoms with Crippen molar-refractivity contribution in [2.45, 2.75) is 64.3 Å². The van der Waals surface area contributed by atoms with Gasteiger partial charge in [-0.25, -0.2) is 0 Å². The smallest absolute Gasteiger partial charge is 0.0804 e. The van der Waals surface area contributed by atoms with Crippen molar-refractivity contribution < 1.29 is 0 Å². The minimum Gasteiger partial charge on any atom is -0.271 e. The highest BCUT2D eigenvalue weighted by Gasteiger charge is 2.23. The van der Waals surface area contributed by atoms with Crippen LogP contribution in [0.3, 0.4) is 0 Å². The molecule has 0 radical (unpaired) electrons. The predicted molar refractivity (Wildman–Crippen MR) is 75.2 cm³/mol. The van der Waals surface area contributed by atoms with Gasteiger partial charge < -0.3 is 0 Å². The van der Waals surface area contributed by atoms with Crippen LogP contribution in [0.2, 0.25) is 0 Å². The average Bonchev–Trinajstić information content (AvgIpc) is 2.86. The molecule has 0 spiro atoms. The quantitative estimate of drug-likeness (QED) is 0.615. The second kappa shape index (κ2) is 7.16. The number of rotatable bonds is 6. The standard InChI is InChI=1S/C13H24N4S/c1-2-6-11-13(18-17-16-11)12(15-14)9-10-7-4-3-5-8-10/h10,12,15H,2-9,14H2,1H3. The van der Waals surface area contributed by atoms with E-state index >= 15 is 0 Å². The molecule has 4 nitrogen and oxygen atoms in total. The molecule has 0 aliphatic heterocycles. The van der Waals surface area contributed by atoms with Crippen molar-refractivity contribution in [3.8, 4) is 0 Å². The number of nitrogens with two attached hydrogens (primary N) is 1. The first kappa shape index (κ1) is 13.9. The third-order valence-corrected chi connectivity index (χ3v) is 4.76. The maximum absolute atomic E-state index is 5.75. The van der Waals surface area contributed by atoms with Crippen LogP contribution in [0.4, 0.5) is 0 Å². The van der Waals surface area contributed by atoms with Crippen molar-refractivity contribution in [2.24, 2.45) is 11.8 Å². The molecule has 5 heteroatoms. The Kier molecular flexibility index (Phi) is 5.53. The van der Waals surface area contributed by atoms with E-state index in [2.05, 4.69) is 21.9 Å². The molecule has 1 aliphatic carbocycles. The lowest BCUT2D eigenvalue weighted by molar-refractivity contribution is 0.302. The van der Waals surface area contributed by atoms with E-state index < -0.39 is 0 Å². The molecule has 1 unspecified atom stereocenters. The summed E-state index contributed by atoms with van der Waals surface area (Å²) < 4.78 is 4.10. The number of hydrogen-bond acceptors (Lipinski definition) is 5. The molecule has 1 aromatic heterocycles. The lowest BCUT2D eigenvalue weighted by atomic mass is 9.84. The summed E-state index contributed by atoms with van der Waals surface area (Å²) in [6.45, 7) is 2.18. The first-order valence-corrected chi connectivity index (χ1v) is 7.89. The molecule has 0 saturated heterocycles. The van der Waals surface area contributed by atoms with Crippen LogP contribution >= 0.6 is 11.5 Å². The number of nitrogens with one attached hydrogen (secondary N) is 1. The van der Waals surface area contributed by atoms with E-state index in [1.807, 2.05) is 0 Å². The Bertz CT molecular complexity index is 347. The fourth-order valence-electron chi connectivity index (χ4n) is 2.90. The molecule has 102 valence electrons. The van der Waals surface area contributed by atoms with Crippen molar-refractivity contribution in [3.05, 3.63) is 10.6 Å². The zero-order chi connectivity index (χ0) is 12.8. The van der Waals surface area contributed by atoms with Gasteiger partial charge in [-0.2, -0.15) is 0 Å². The molecule has 1 heterocycles. The van der Waals surface area contributed by atoms with Crippen LogP contribution < -0.4 is 11.3 Å². The van der Waals surface area contributed by atoms with E-state index in [-0.39, 0.29) is 6.04 Å². The van der Waals surface area contributed by atoms with Crippen LogP contribution in [0.15, 0.2) is 0 Å². The fraction of sp³-hybridized carbons (Fsp3) is 0.846. The molecule has 1 saturated carbocycles. The molecule has 2 rings (SSSR count). The fourth-order valence-corrected chi connectivity index (χ4v) is 3.66. The van der Waals surface area contributed by atoms with Crippen molar-refractivity contribution in [3.63, 3.8) is 0 Å². The lowest BCUT2D eigenvalue weighted by Crippen LogP contribution is -2.30. The second-order valence-electron chi connectivity index (χ2n) is 5.29. The summed E-state index contributed by atoms with van der Waals surface area (Å²) in [6.07, 6.45) is 10.1. The molecule has 1 aliphatic rings. The summed E-state index contributed by atoms with van der Waals surface area (Å²) in [5.74, 6) is 6.56.